The van der Waals surface area contributed by atoms with Gasteiger partial charge in [-0.05, 0) is 42.5 Å². The number of carboxylic acids is 1. The first-order valence-corrected chi connectivity index (χ1v) is 7.69. The van der Waals surface area contributed by atoms with Crippen LogP contribution in [0.4, 0.5) is 0 Å². The fourth-order valence-corrected chi connectivity index (χ4v) is 2.93. The van der Waals surface area contributed by atoms with E-state index >= 15 is 0 Å². The van der Waals surface area contributed by atoms with Crippen LogP contribution in [0.3, 0.4) is 0 Å². The third-order valence-corrected chi connectivity index (χ3v) is 4.16. The topological polar surface area (TPSA) is 59.4 Å². The predicted octanol–water partition coefficient (Wildman–Crippen LogP) is 4.62. The van der Waals surface area contributed by atoms with Crippen molar-refractivity contribution in [3.63, 3.8) is 0 Å². The monoisotopic (exact) mass is 297 g/mol. The highest BCUT2D eigenvalue weighted by Gasteiger charge is 2.15. The summed E-state index contributed by atoms with van der Waals surface area (Å²) in [6, 6.07) is 11.2. The Kier molecular flexibility index (Phi) is 4.37. The lowest BCUT2D eigenvalue weighted by molar-refractivity contribution is 0.0696. The lowest BCUT2D eigenvalue weighted by Gasteiger charge is -2.22. The van der Waals surface area contributed by atoms with Crippen molar-refractivity contribution in [1.82, 2.24) is 4.98 Å². The number of rotatable bonds is 4. The van der Waals surface area contributed by atoms with Crippen molar-refractivity contribution < 1.29 is 14.6 Å². The number of pyridine rings is 1. The van der Waals surface area contributed by atoms with E-state index in [-0.39, 0.29) is 5.56 Å². The van der Waals surface area contributed by atoms with Crippen LogP contribution in [0.15, 0.2) is 42.6 Å². The molecule has 0 amide bonds. The fourth-order valence-electron chi connectivity index (χ4n) is 2.93. The molecule has 1 N–H and O–H groups in total. The van der Waals surface area contributed by atoms with Crippen LogP contribution in [0.25, 0.3) is 0 Å². The summed E-state index contributed by atoms with van der Waals surface area (Å²) in [6.07, 6.45) is 7.85. The molecule has 0 saturated heterocycles. The van der Waals surface area contributed by atoms with Gasteiger partial charge in [-0.2, -0.15) is 0 Å². The van der Waals surface area contributed by atoms with Gasteiger partial charge in [-0.15, -0.1) is 0 Å². The molecule has 1 fully saturated rings. The van der Waals surface area contributed by atoms with Gasteiger partial charge in [0.25, 0.3) is 0 Å². The second kappa shape index (κ2) is 6.60. The number of hydrogen-bond donors (Lipinski definition) is 1. The minimum atomic E-state index is -0.990. The molecular formula is C18H19NO3. The number of carboxylic acid groups (broad SMARTS) is 1. The third kappa shape index (κ3) is 3.45. The van der Waals surface area contributed by atoms with E-state index in [9.17, 15) is 4.79 Å². The largest absolute Gasteiger partial charge is 0.478 e. The van der Waals surface area contributed by atoms with Crippen molar-refractivity contribution >= 4 is 5.97 Å². The zero-order chi connectivity index (χ0) is 15.4. The number of carbonyl (C=O) groups is 1. The molecule has 1 aromatic carbocycles. The number of aromatic nitrogens is 1. The Labute approximate surface area is 129 Å². The summed E-state index contributed by atoms with van der Waals surface area (Å²) in [5.41, 5.74) is 1.53. The molecule has 1 heterocycles. The number of aromatic carboxylic acids is 1. The molecule has 0 aliphatic heterocycles. The standard InChI is InChI=1S/C18H19NO3/c20-18(21)15-8-11-17(19-12-15)22-16-9-6-14(7-10-16)13-4-2-1-3-5-13/h6-13H,1-5H2,(H,20,21). The Bertz CT molecular complexity index is 628. The summed E-state index contributed by atoms with van der Waals surface area (Å²) < 4.78 is 5.65. The molecule has 4 nitrogen and oxygen atoms in total. The molecule has 1 saturated carbocycles. The maximum absolute atomic E-state index is 10.8. The number of ether oxygens (including phenoxy) is 1. The van der Waals surface area contributed by atoms with Crippen molar-refractivity contribution in [2.24, 2.45) is 0 Å². The molecular weight excluding hydrogens is 278 g/mol. The molecule has 0 bridgehead atoms. The molecule has 0 atom stereocenters. The smallest absolute Gasteiger partial charge is 0.337 e. The first kappa shape index (κ1) is 14.6. The molecule has 4 heteroatoms. The second-order valence-electron chi connectivity index (χ2n) is 5.70. The highest BCUT2D eigenvalue weighted by Crippen LogP contribution is 2.33. The Balaban J connectivity index is 1.66. The zero-order valence-electron chi connectivity index (χ0n) is 12.4. The first-order chi connectivity index (χ1) is 10.7. The van der Waals surface area contributed by atoms with Crippen molar-refractivity contribution in [3.05, 3.63) is 53.7 Å². The maximum atomic E-state index is 10.8. The van der Waals surface area contributed by atoms with E-state index in [2.05, 4.69) is 17.1 Å². The summed E-state index contributed by atoms with van der Waals surface area (Å²) in [5.74, 6) is 0.803. The van der Waals surface area contributed by atoms with Crippen molar-refractivity contribution in [1.29, 1.82) is 0 Å². The number of benzene rings is 1. The summed E-state index contributed by atoms with van der Waals surface area (Å²) in [4.78, 5) is 14.8. The predicted molar refractivity (Wildman–Crippen MR) is 83.5 cm³/mol. The normalized spacial score (nSPS) is 15.5. The van der Waals surface area contributed by atoms with Crippen LogP contribution in [-0.4, -0.2) is 16.1 Å². The summed E-state index contributed by atoms with van der Waals surface area (Å²) in [7, 11) is 0. The summed E-state index contributed by atoms with van der Waals surface area (Å²) >= 11 is 0. The van der Waals surface area contributed by atoms with Gasteiger partial charge >= 0.3 is 5.97 Å². The second-order valence-corrected chi connectivity index (χ2v) is 5.70. The number of hydrogen-bond acceptors (Lipinski definition) is 3. The molecule has 114 valence electrons. The van der Waals surface area contributed by atoms with Crippen molar-refractivity contribution in [3.8, 4) is 11.6 Å². The van der Waals surface area contributed by atoms with E-state index in [1.54, 1.807) is 6.07 Å². The van der Waals surface area contributed by atoms with Crippen molar-refractivity contribution in [2.75, 3.05) is 0 Å². The summed E-state index contributed by atoms with van der Waals surface area (Å²) in [6.45, 7) is 0. The van der Waals surface area contributed by atoms with Crippen LogP contribution in [-0.2, 0) is 0 Å². The van der Waals surface area contributed by atoms with Gasteiger partial charge < -0.3 is 9.84 Å². The van der Waals surface area contributed by atoms with Crippen LogP contribution in [0.5, 0.6) is 11.6 Å². The quantitative estimate of drug-likeness (QED) is 0.894. The Hall–Kier alpha value is -2.36. The van der Waals surface area contributed by atoms with Crippen LogP contribution >= 0.6 is 0 Å². The molecule has 0 radical (unpaired) electrons. The summed E-state index contributed by atoms with van der Waals surface area (Å²) in [5, 5.41) is 8.84. The van der Waals surface area contributed by atoms with E-state index in [0.717, 1.165) is 5.75 Å². The Morgan fingerprint density at radius 3 is 2.36 bits per heavy atom. The van der Waals surface area contributed by atoms with E-state index in [0.29, 0.717) is 11.8 Å². The van der Waals surface area contributed by atoms with E-state index in [1.807, 2.05) is 12.1 Å². The van der Waals surface area contributed by atoms with Gasteiger partial charge in [0, 0.05) is 12.3 Å². The van der Waals surface area contributed by atoms with E-state index in [4.69, 9.17) is 9.84 Å². The average molecular weight is 297 g/mol. The van der Waals surface area contributed by atoms with Gasteiger partial charge in [0.05, 0.1) is 5.56 Å². The van der Waals surface area contributed by atoms with Gasteiger partial charge in [-0.1, -0.05) is 31.4 Å². The third-order valence-electron chi connectivity index (χ3n) is 4.16. The molecule has 1 aromatic heterocycles. The van der Waals surface area contributed by atoms with Crippen LogP contribution in [0.1, 0.15) is 53.9 Å². The SMILES string of the molecule is O=C(O)c1ccc(Oc2ccc(C3CCCCC3)cc2)nc1. The molecule has 0 unspecified atom stereocenters. The molecule has 3 rings (SSSR count). The minimum absolute atomic E-state index is 0.153. The van der Waals surface area contributed by atoms with Crippen LogP contribution in [0.2, 0.25) is 0 Å². The van der Waals surface area contributed by atoms with E-state index in [1.165, 1.54) is 49.9 Å². The molecule has 2 aromatic rings. The van der Waals surface area contributed by atoms with Crippen LogP contribution in [0, 0.1) is 0 Å². The lowest BCUT2D eigenvalue weighted by atomic mass is 9.84. The van der Waals surface area contributed by atoms with Gasteiger partial charge in [0.15, 0.2) is 0 Å². The van der Waals surface area contributed by atoms with Gasteiger partial charge in [-0.3, -0.25) is 0 Å². The maximum Gasteiger partial charge on any atom is 0.337 e. The minimum Gasteiger partial charge on any atom is -0.478 e. The Morgan fingerprint density at radius 2 is 1.77 bits per heavy atom. The van der Waals surface area contributed by atoms with Gasteiger partial charge in [-0.25, -0.2) is 9.78 Å². The zero-order valence-corrected chi connectivity index (χ0v) is 12.4. The van der Waals surface area contributed by atoms with Crippen LogP contribution < -0.4 is 4.74 Å². The molecule has 1 aliphatic rings. The lowest BCUT2D eigenvalue weighted by Crippen LogP contribution is -2.04. The molecule has 1 aliphatic carbocycles. The van der Waals surface area contributed by atoms with Gasteiger partial charge in [0.1, 0.15) is 5.75 Å². The highest BCUT2D eigenvalue weighted by molar-refractivity contribution is 5.87. The van der Waals surface area contributed by atoms with E-state index < -0.39 is 5.97 Å². The molecule has 0 spiro atoms. The fraction of sp³-hybridized carbons (Fsp3) is 0.333. The average Bonchev–Trinajstić information content (AvgIpc) is 2.57. The van der Waals surface area contributed by atoms with Gasteiger partial charge in [0.2, 0.25) is 5.88 Å². The highest BCUT2D eigenvalue weighted by atomic mass is 16.5. The first-order valence-electron chi connectivity index (χ1n) is 7.69. The Morgan fingerprint density at radius 1 is 1.05 bits per heavy atom. The van der Waals surface area contributed by atoms with Crippen molar-refractivity contribution in [2.45, 2.75) is 38.0 Å². The number of nitrogens with zero attached hydrogens (tertiary/aromatic N) is 1. The molecule has 22 heavy (non-hydrogen) atoms.